The molecule has 0 spiro atoms. The number of hydrogen-bond acceptors (Lipinski definition) is 3. The Morgan fingerprint density at radius 2 is 2.19 bits per heavy atom. The smallest absolute Gasteiger partial charge is 0.245 e. The maximum Gasteiger partial charge on any atom is 0.245 e. The van der Waals surface area contributed by atoms with Crippen molar-refractivity contribution < 1.29 is 8.42 Å². The summed E-state index contributed by atoms with van der Waals surface area (Å²) in [6.45, 7) is 0.0117. The summed E-state index contributed by atoms with van der Waals surface area (Å²) < 4.78 is 25.8. The molecule has 2 N–H and O–H groups in total. The van der Waals surface area contributed by atoms with Gasteiger partial charge in [-0.3, -0.25) is 0 Å². The minimum absolute atomic E-state index is 0.0117. The van der Waals surface area contributed by atoms with Crippen LogP contribution in [0.15, 0.2) is 27.6 Å². The lowest BCUT2D eigenvalue weighted by Crippen LogP contribution is -2.27. The summed E-state index contributed by atoms with van der Waals surface area (Å²) in [5.41, 5.74) is 5.85. The van der Waals surface area contributed by atoms with E-state index in [1.807, 2.05) is 0 Å². The number of terminal acetylenes is 1. The van der Waals surface area contributed by atoms with E-state index in [4.69, 9.17) is 12.2 Å². The molecule has 0 aliphatic heterocycles. The number of sulfonamides is 1. The van der Waals surface area contributed by atoms with Gasteiger partial charge < -0.3 is 5.73 Å². The first kappa shape index (κ1) is 13.0. The third-order valence-electron chi connectivity index (χ3n) is 1.97. The second-order valence-corrected chi connectivity index (χ2v) is 6.08. The SMILES string of the molecule is C#CCN(C)S(=O)(=O)c1ccc(Br)cc1N. The van der Waals surface area contributed by atoms with Gasteiger partial charge in [-0.2, -0.15) is 4.31 Å². The first-order valence-electron chi connectivity index (χ1n) is 4.34. The van der Waals surface area contributed by atoms with Gasteiger partial charge in [-0.05, 0) is 18.2 Å². The number of rotatable bonds is 3. The van der Waals surface area contributed by atoms with Crippen LogP contribution in [-0.2, 0) is 10.0 Å². The lowest BCUT2D eigenvalue weighted by molar-refractivity contribution is 0.503. The number of benzene rings is 1. The Labute approximate surface area is 104 Å². The predicted octanol–water partition coefficient (Wildman–Crippen LogP) is 1.29. The van der Waals surface area contributed by atoms with E-state index in [0.29, 0.717) is 0 Å². The van der Waals surface area contributed by atoms with Crippen molar-refractivity contribution >= 4 is 31.6 Å². The number of nitrogens with zero attached hydrogens (tertiary/aromatic N) is 1. The van der Waals surface area contributed by atoms with Gasteiger partial charge in [0.05, 0.1) is 12.2 Å². The molecule has 1 rings (SSSR count). The highest BCUT2D eigenvalue weighted by Gasteiger charge is 2.22. The number of halogens is 1. The van der Waals surface area contributed by atoms with Gasteiger partial charge in [0.1, 0.15) is 4.90 Å². The van der Waals surface area contributed by atoms with E-state index in [2.05, 4.69) is 21.9 Å². The van der Waals surface area contributed by atoms with E-state index in [1.54, 1.807) is 6.07 Å². The van der Waals surface area contributed by atoms with Gasteiger partial charge in [-0.25, -0.2) is 8.42 Å². The van der Waals surface area contributed by atoms with Crippen LogP contribution in [0, 0.1) is 12.3 Å². The molecule has 16 heavy (non-hydrogen) atoms. The second-order valence-electron chi connectivity index (χ2n) is 3.15. The van der Waals surface area contributed by atoms with E-state index in [9.17, 15) is 8.42 Å². The average Bonchev–Trinajstić information content (AvgIpc) is 2.17. The zero-order valence-electron chi connectivity index (χ0n) is 8.64. The molecule has 0 saturated heterocycles. The van der Waals surface area contributed by atoms with Crippen LogP contribution in [0.1, 0.15) is 0 Å². The molecule has 1 aromatic rings. The third kappa shape index (κ3) is 2.55. The normalized spacial score (nSPS) is 11.4. The molecule has 0 atom stereocenters. The van der Waals surface area contributed by atoms with Crippen LogP contribution in [0.25, 0.3) is 0 Å². The molecule has 0 unspecified atom stereocenters. The Morgan fingerprint density at radius 3 is 2.69 bits per heavy atom. The van der Waals surface area contributed by atoms with Crippen LogP contribution in [-0.4, -0.2) is 26.3 Å². The molecule has 0 radical (unpaired) electrons. The first-order chi connectivity index (χ1) is 7.39. The number of nitrogen functional groups attached to an aromatic ring is 1. The fraction of sp³-hybridized carbons (Fsp3) is 0.200. The first-order valence-corrected chi connectivity index (χ1v) is 6.57. The van der Waals surface area contributed by atoms with Crippen molar-refractivity contribution in [1.82, 2.24) is 4.31 Å². The fourth-order valence-electron chi connectivity index (χ4n) is 1.14. The van der Waals surface area contributed by atoms with E-state index >= 15 is 0 Å². The maximum atomic E-state index is 12.0. The minimum Gasteiger partial charge on any atom is -0.398 e. The Kier molecular flexibility index (Phi) is 3.97. The molecule has 6 heteroatoms. The molecule has 86 valence electrons. The summed E-state index contributed by atoms with van der Waals surface area (Å²) >= 11 is 3.21. The molecule has 1 aromatic carbocycles. The molecule has 0 bridgehead atoms. The summed E-state index contributed by atoms with van der Waals surface area (Å²) in [5, 5.41) is 0. The van der Waals surface area contributed by atoms with Gasteiger partial charge in [-0.1, -0.05) is 21.9 Å². The van der Waals surface area contributed by atoms with Crippen molar-refractivity contribution in [2.45, 2.75) is 4.90 Å². The summed E-state index contributed by atoms with van der Waals surface area (Å²) in [7, 11) is -2.19. The molecule has 0 aliphatic carbocycles. The number of anilines is 1. The molecule has 0 aliphatic rings. The van der Waals surface area contributed by atoms with Crippen LogP contribution >= 0.6 is 15.9 Å². The van der Waals surface area contributed by atoms with Crippen LogP contribution in [0.2, 0.25) is 0 Å². The number of hydrogen-bond donors (Lipinski definition) is 1. The molecule has 0 fully saturated rings. The molecular weight excluding hydrogens is 292 g/mol. The predicted molar refractivity (Wildman–Crippen MR) is 67.2 cm³/mol. The largest absolute Gasteiger partial charge is 0.398 e. The average molecular weight is 303 g/mol. The molecule has 0 heterocycles. The molecular formula is C10H11BrN2O2S. The van der Waals surface area contributed by atoms with Gasteiger partial charge in [0.15, 0.2) is 0 Å². The van der Waals surface area contributed by atoms with Crippen molar-refractivity contribution in [3.8, 4) is 12.3 Å². The second kappa shape index (κ2) is 4.87. The summed E-state index contributed by atoms with van der Waals surface area (Å²) in [4.78, 5) is 0.0634. The minimum atomic E-state index is -3.60. The van der Waals surface area contributed by atoms with E-state index in [-0.39, 0.29) is 17.1 Å². The maximum absolute atomic E-state index is 12.0. The van der Waals surface area contributed by atoms with Crippen LogP contribution in [0.4, 0.5) is 5.69 Å². The Bertz CT molecular complexity index is 534. The van der Waals surface area contributed by atoms with Gasteiger partial charge in [-0.15, -0.1) is 6.42 Å². The lowest BCUT2D eigenvalue weighted by Gasteiger charge is -2.15. The molecule has 0 amide bonds. The number of nitrogens with two attached hydrogens (primary N) is 1. The molecule has 4 nitrogen and oxygen atoms in total. The standard InChI is InChI=1S/C10H11BrN2O2S/c1-3-6-13(2)16(14,15)10-5-4-8(11)7-9(10)12/h1,4-5,7H,6,12H2,2H3. The zero-order chi connectivity index (χ0) is 12.3. The molecule has 0 saturated carbocycles. The van der Waals surface area contributed by atoms with E-state index < -0.39 is 10.0 Å². The Morgan fingerprint density at radius 1 is 1.56 bits per heavy atom. The summed E-state index contributed by atoms with van der Waals surface area (Å²) in [6, 6.07) is 4.60. The van der Waals surface area contributed by atoms with Gasteiger partial charge in [0, 0.05) is 11.5 Å². The third-order valence-corrected chi connectivity index (χ3v) is 4.34. The lowest BCUT2D eigenvalue weighted by atomic mass is 10.3. The Hall–Kier alpha value is -1.03. The van der Waals surface area contributed by atoms with Crippen LogP contribution in [0.3, 0.4) is 0 Å². The topological polar surface area (TPSA) is 63.4 Å². The fourth-order valence-corrected chi connectivity index (χ4v) is 2.69. The van der Waals surface area contributed by atoms with Crippen LogP contribution in [0.5, 0.6) is 0 Å². The van der Waals surface area contributed by atoms with Gasteiger partial charge in [0.2, 0.25) is 10.0 Å². The van der Waals surface area contributed by atoms with Crippen molar-refractivity contribution in [2.75, 3.05) is 19.3 Å². The van der Waals surface area contributed by atoms with Crippen molar-refractivity contribution in [3.63, 3.8) is 0 Å². The van der Waals surface area contributed by atoms with Crippen LogP contribution < -0.4 is 5.73 Å². The molecule has 0 aromatic heterocycles. The van der Waals surface area contributed by atoms with Crippen molar-refractivity contribution in [3.05, 3.63) is 22.7 Å². The van der Waals surface area contributed by atoms with Gasteiger partial charge >= 0.3 is 0 Å². The van der Waals surface area contributed by atoms with E-state index in [0.717, 1.165) is 8.78 Å². The van der Waals surface area contributed by atoms with Crippen molar-refractivity contribution in [2.24, 2.45) is 0 Å². The highest BCUT2D eigenvalue weighted by atomic mass is 79.9. The summed E-state index contributed by atoms with van der Waals surface area (Å²) in [6.07, 6.45) is 5.07. The van der Waals surface area contributed by atoms with Gasteiger partial charge in [0.25, 0.3) is 0 Å². The Balaban J connectivity index is 3.23. The zero-order valence-corrected chi connectivity index (χ0v) is 11.0. The monoisotopic (exact) mass is 302 g/mol. The van der Waals surface area contributed by atoms with E-state index in [1.165, 1.54) is 19.2 Å². The highest BCUT2D eigenvalue weighted by molar-refractivity contribution is 9.10. The quantitative estimate of drug-likeness (QED) is 0.676. The highest BCUT2D eigenvalue weighted by Crippen LogP contribution is 2.24. The summed E-state index contributed by atoms with van der Waals surface area (Å²) in [5.74, 6) is 2.27. The van der Waals surface area contributed by atoms with Crippen molar-refractivity contribution in [1.29, 1.82) is 0 Å².